The summed E-state index contributed by atoms with van der Waals surface area (Å²) in [7, 11) is -8.80. The molecular weight excluding hydrogens is 757 g/mol. The number of hydrogen-bond acceptors (Lipinski definition) is 6. The van der Waals surface area contributed by atoms with Gasteiger partial charge in [-0.2, -0.15) is 8.42 Å². The fourth-order valence-corrected chi connectivity index (χ4v) is 8.55. The summed E-state index contributed by atoms with van der Waals surface area (Å²) in [6.07, 6.45) is 4.25. The molecule has 0 amide bonds. The SMILES string of the molecule is O=S(=O)([O-])c1ccc(OS(=O)(=O)c2cc(I)cc(I)c2I)c2c1CCCCCC2. The second-order valence-corrected chi connectivity index (χ2v) is 13.0. The molecule has 0 aromatic heterocycles. The van der Waals surface area contributed by atoms with E-state index in [0.717, 1.165) is 38.9 Å². The first-order valence-corrected chi connectivity index (χ1v) is 14.8. The Kier molecular flexibility index (Phi) is 7.78. The van der Waals surface area contributed by atoms with Crippen LogP contribution in [0.1, 0.15) is 36.8 Å². The summed E-state index contributed by atoms with van der Waals surface area (Å²) in [5.41, 5.74) is 0.889. The molecule has 0 atom stereocenters. The van der Waals surface area contributed by atoms with E-state index < -0.39 is 20.2 Å². The highest BCUT2D eigenvalue weighted by molar-refractivity contribution is 14.1. The molecule has 0 bridgehead atoms. The van der Waals surface area contributed by atoms with Crippen molar-refractivity contribution in [3.63, 3.8) is 0 Å². The van der Waals surface area contributed by atoms with Crippen LogP contribution in [0.25, 0.3) is 0 Å². The van der Waals surface area contributed by atoms with Gasteiger partial charge in [0.1, 0.15) is 20.8 Å². The molecule has 1 aliphatic carbocycles. The van der Waals surface area contributed by atoms with Gasteiger partial charge in [0.25, 0.3) is 0 Å². The molecule has 0 fully saturated rings. The summed E-state index contributed by atoms with van der Waals surface area (Å²) in [6, 6.07) is 5.86. The maximum Gasteiger partial charge on any atom is 0.340 e. The molecule has 29 heavy (non-hydrogen) atoms. The summed E-state index contributed by atoms with van der Waals surface area (Å²) < 4.78 is 68.9. The lowest BCUT2D eigenvalue weighted by atomic mass is 9.92. The van der Waals surface area contributed by atoms with Crippen LogP contribution in [0.15, 0.2) is 34.1 Å². The minimum absolute atomic E-state index is 0.0644. The summed E-state index contributed by atoms with van der Waals surface area (Å²) in [5.74, 6) is 0.0963. The molecule has 0 saturated heterocycles. The van der Waals surface area contributed by atoms with Crippen molar-refractivity contribution >= 4 is 88.0 Å². The van der Waals surface area contributed by atoms with Gasteiger partial charge >= 0.3 is 10.1 Å². The van der Waals surface area contributed by atoms with Gasteiger partial charge in [0.15, 0.2) is 0 Å². The smallest absolute Gasteiger partial charge is 0.340 e. The topological polar surface area (TPSA) is 101 Å². The van der Waals surface area contributed by atoms with Gasteiger partial charge in [0.2, 0.25) is 0 Å². The van der Waals surface area contributed by atoms with E-state index in [9.17, 15) is 21.4 Å². The van der Waals surface area contributed by atoms with Gasteiger partial charge < -0.3 is 8.74 Å². The lowest BCUT2D eigenvalue weighted by molar-refractivity contribution is 0.460. The van der Waals surface area contributed by atoms with Crippen LogP contribution in [0.4, 0.5) is 0 Å². The second kappa shape index (κ2) is 9.42. The first-order chi connectivity index (χ1) is 13.5. The predicted molar refractivity (Wildman–Crippen MR) is 133 cm³/mol. The Morgan fingerprint density at radius 2 is 1.45 bits per heavy atom. The van der Waals surface area contributed by atoms with Crippen molar-refractivity contribution in [3.8, 4) is 5.75 Å². The number of benzene rings is 2. The third-order valence-electron chi connectivity index (χ3n) is 4.65. The predicted octanol–water partition coefficient (Wildman–Crippen LogP) is 4.83. The van der Waals surface area contributed by atoms with Crippen LogP contribution < -0.4 is 4.18 Å². The van der Waals surface area contributed by atoms with E-state index >= 15 is 0 Å². The summed E-state index contributed by atoms with van der Waals surface area (Å²) in [5, 5.41) is 0. The molecule has 2 aromatic rings. The lowest BCUT2D eigenvalue weighted by Gasteiger charge is -2.22. The maximum atomic E-state index is 13.0. The Morgan fingerprint density at radius 1 is 0.828 bits per heavy atom. The van der Waals surface area contributed by atoms with Crippen LogP contribution in [-0.4, -0.2) is 21.4 Å². The Balaban J connectivity index is 2.13. The molecule has 2 aromatic carbocycles. The Hall–Kier alpha value is 0.290. The molecule has 0 N–H and O–H groups in total. The minimum atomic E-state index is -4.66. The highest BCUT2D eigenvalue weighted by atomic mass is 127. The van der Waals surface area contributed by atoms with Gasteiger partial charge in [-0.15, -0.1) is 0 Å². The van der Waals surface area contributed by atoms with Gasteiger partial charge in [0, 0.05) is 16.3 Å². The zero-order valence-electron chi connectivity index (χ0n) is 15.0. The Labute approximate surface area is 211 Å². The van der Waals surface area contributed by atoms with Crippen LogP contribution in [0.2, 0.25) is 0 Å². The monoisotopic (exact) mass is 773 g/mol. The number of rotatable bonds is 4. The fraction of sp³-hybridized carbons (Fsp3) is 0.333. The van der Waals surface area contributed by atoms with Crippen LogP contribution in [0.3, 0.4) is 0 Å². The van der Waals surface area contributed by atoms with Crippen molar-refractivity contribution in [3.05, 3.63) is 46.1 Å². The lowest BCUT2D eigenvalue weighted by Crippen LogP contribution is -2.16. The van der Waals surface area contributed by atoms with Crippen LogP contribution in [0.5, 0.6) is 5.75 Å². The van der Waals surface area contributed by atoms with Crippen molar-refractivity contribution in [2.45, 2.75) is 48.3 Å². The highest BCUT2D eigenvalue weighted by Crippen LogP contribution is 2.35. The quantitative estimate of drug-likeness (QED) is 0.191. The maximum absolute atomic E-state index is 13.0. The number of halogens is 3. The molecule has 6 nitrogen and oxygen atoms in total. The standard InChI is InChI=1S/C18H17I3O6S2/c19-11-9-14(20)18(21)17(10-11)29(25,26)27-15-7-8-16(28(22,23)24)13-6-4-2-1-3-5-12(13)15/h7-10H,1-6H2,(H,22,23,24)/p-1. The van der Waals surface area contributed by atoms with E-state index in [1.807, 2.05) is 51.2 Å². The summed E-state index contributed by atoms with van der Waals surface area (Å²) in [4.78, 5) is -0.216. The van der Waals surface area contributed by atoms with Crippen molar-refractivity contribution < 1.29 is 25.6 Å². The van der Waals surface area contributed by atoms with E-state index in [4.69, 9.17) is 4.18 Å². The summed E-state index contributed by atoms with van der Waals surface area (Å²) >= 11 is 6.09. The van der Waals surface area contributed by atoms with E-state index in [2.05, 4.69) is 22.6 Å². The van der Waals surface area contributed by atoms with E-state index in [1.165, 1.54) is 6.07 Å². The zero-order chi connectivity index (χ0) is 21.4. The van der Waals surface area contributed by atoms with Gasteiger partial charge in [-0.3, -0.25) is 0 Å². The van der Waals surface area contributed by atoms with Crippen molar-refractivity contribution in [1.29, 1.82) is 0 Å². The molecule has 11 heteroatoms. The van der Waals surface area contributed by atoms with Crippen LogP contribution >= 0.6 is 67.8 Å². The molecule has 0 unspecified atom stereocenters. The van der Waals surface area contributed by atoms with Gasteiger partial charge in [-0.25, -0.2) is 8.42 Å². The molecule has 3 rings (SSSR count). The molecule has 0 radical (unpaired) electrons. The average molecular weight is 773 g/mol. The van der Waals surface area contributed by atoms with Crippen molar-refractivity contribution in [2.75, 3.05) is 0 Å². The van der Waals surface area contributed by atoms with Gasteiger partial charge in [-0.05, 0) is 123 Å². The third kappa shape index (κ3) is 5.56. The number of fused-ring (bicyclic) bond motifs is 1. The minimum Gasteiger partial charge on any atom is -0.744 e. The molecule has 1 aliphatic rings. The second-order valence-electron chi connectivity index (χ2n) is 6.62. The van der Waals surface area contributed by atoms with Crippen LogP contribution in [-0.2, 0) is 33.1 Å². The molecule has 158 valence electrons. The highest BCUT2D eigenvalue weighted by Gasteiger charge is 2.26. The number of hydrogen-bond donors (Lipinski definition) is 0. The summed E-state index contributed by atoms with van der Waals surface area (Å²) in [6.45, 7) is 0. The first kappa shape index (κ1) is 23.9. The molecule has 0 spiro atoms. The molecule has 0 saturated carbocycles. The Morgan fingerprint density at radius 3 is 2.07 bits per heavy atom. The van der Waals surface area contributed by atoms with Gasteiger partial charge in [0.05, 0.1) is 4.90 Å². The normalized spacial score (nSPS) is 15.3. The van der Waals surface area contributed by atoms with E-state index in [0.29, 0.717) is 27.5 Å². The van der Waals surface area contributed by atoms with Crippen molar-refractivity contribution in [2.24, 2.45) is 0 Å². The van der Waals surface area contributed by atoms with Gasteiger partial charge in [-0.1, -0.05) is 12.8 Å². The Bertz CT molecular complexity index is 1160. The first-order valence-electron chi connectivity index (χ1n) is 8.70. The largest absolute Gasteiger partial charge is 0.744 e. The van der Waals surface area contributed by atoms with Crippen molar-refractivity contribution in [1.82, 2.24) is 0 Å². The third-order valence-corrected chi connectivity index (χ3v) is 10.9. The average Bonchev–Trinajstić information content (AvgIpc) is 2.57. The molecule has 0 aliphatic heterocycles. The van der Waals surface area contributed by atoms with Crippen LogP contribution in [0, 0.1) is 10.7 Å². The van der Waals surface area contributed by atoms with E-state index in [1.54, 1.807) is 6.07 Å². The fourth-order valence-electron chi connectivity index (χ4n) is 3.34. The zero-order valence-corrected chi connectivity index (χ0v) is 23.1. The van der Waals surface area contributed by atoms with E-state index in [-0.39, 0.29) is 15.5 Å². The molecule has 0 heterocycles. The molecular formula is C18H16I3O6S2-.